The third-order valence-electron chi connectivity index (χ3n) is 6.97. The average molecular weight is 463 g/mol. The molecule has 0 bridgehead atoms. The molecule has 34 heavy (non-hydrogen) atoms. The number of amides is 1. The van der Waals surface area contributed by atoms with E-state index in [1.54, 1.807) is 13.2 Å². The van der Waals surface area contributed by atoms with Crippen molar-refractivity contribution in [3.05, 3.63) is 83.7 Å². The van der Waals surface area contributed by atoms with Crippen LogP contribution in [-0.2, 0) is 10.4 Å². The number of halogens is 1. The van der Waals surface area contributed by atoms with Crippen LogP contribution in [0.5, 0.6) is 11.5 Å². The fourth-order valence-corrected chi connectivity index (χ4v) is 5.22. The Morgan fingerprint density at radius 2 is 1.82 bits per heavy atom. The zero-order chi connectivity index (χ0) is 24.3. The number of carbonyl (C=O) groups excluding carboxylic acids is 1. The van der Waals surface area contributed by atoms with E-state index in [-0.39, 0.29) is 11.7 Å². The zero-order valence-corrected chi connectivity index (χ0v) is 19.9. The van der Waals surface area contributed by atoms with Crippen LogP contribution in [0.1, 0.15) is 44.2 Å². The maximum Gasteiger partial charge on any atom is 0.223 e. The van der Waals surface area contributed by atoms with Gasteiger partial charge in [0.2, 0.25) is 5.91 Å². The number of nitrogens with one attached hydrogen (secondary N) is 1. The number of methoxy groups -OCH3 is 1. The topological polar surface area (TPSA) is 62.6 Å². The predicted octanol–water partition coefficient (Wildman–Crippen LogP) is 5.80. The lowest BCUT2D eigenvalue weighted by Gasteiger charge is -2.51. The van der Waals surface area contributed by atoms with Gasteiger partial charge in [-0.05, 0) is 79.4 Å². The summed E-state index contributed by atoms with van der Waals surface area (Å²) in [4.78, 5) is 15.0. The van der Waals surface area contributed by atoms with Gasteiger partial charge in [-0.3, -0.25) is 4.79 Å². The summed E-state index contributed by atoms with van der Waals surface area (Å²) in [5.74, 6) is 1.17. The van der Waals surface area contributed by atoms with Crippen LogP contribution in [0.3, 0.4) is 0 Å². The summed E-state index contributed by atoms with van der Waals surface area (Å²) < 4.78 is 26.1. The van der Waals surface area contributed by atoms with Crippen LogP contribution in [0.4, 0.5) is 4.39 Å². The molecule has 1 aliphatic carbocycles. The van der Waals surface area contributed by atoms with E-state index in [0.717, 1.165) is 23.3 Å². The quantitative estimate of drug-likeness (QED) is 0.505. The van der Waals surface area contributed by atoms with E-state index in [1.807, 2.05) is 66.4 Å². The van der Waals surface area contributed by atoms with Crippen LogP contribution >= 0.6 is 0 Å². The highest BCUT2D eigenvalue weighted by atomic mass is 19.1. The van der Waals surface area contributed by atoms with Crippen molar-refractivity contribution in [3.63, 3.8) is 0 Å². The third kappa shape index (κ3) is 4.49. The Kier molecular flexibility index (Phi) is 6.60. The molecule has 1 aliphatic heterocycles. The van der Waals surface area contributed by atoms with Gasteiger partial charge in [0, 0.05) is 24.6 Å². The van der Waals surface area contributed by atoms with E-state index in [1.165, 1.54) is 12.3 Å². The number of ether oxygens (including phenoxy) is 2. The maximum atomic E-state index is 14.0. The van der Waals surface area contributed by atoms with Gasteiger partial charge in [-0.15, -0.1) is 0 Å². The molecule has 2 aliphatic rings. The minimum atomic E-state index is -0.959. The summed E-state index contributed by atoms with van der Waals surface area (Å²) in [5, 5.41) is 7.48. The molecule has 5 nitrogen and oxygen atoms in total. The lowest BCUT2D eigenvalue weighted by molar-refractivity contribution is -0.140. The smallest absolute Gasteiger partial charge is 0.223 e. The first kappa shape index (κ1) is 23.7. The van der Waals surface area contributed by atoms with E-state index in [0.29, 0.717) is 25.1 Å². The summed E-state index contributed by atoms with van der Waals surface area (Å²) in [6.07, 6.45) is 7.96. The van der Waals surface area contributed by atoms with Gasteiger partial charge in [-0.25, -0.2) is 4.39 Å². The van der Waals surface area contributed by atoms with E-state index in [2.05, 4.69) is 6.92 Å². The molecule has 1 saturated heterocycles. The van der Waals surface area contributed by atoms with Gasteiger partial charge < -0.3 is 19.8 Å². The van der Waals surface area contributed by atoms with E-state index in [4.69, 9.17) is 14.9 Å². The number of likely N-dealkylation sites (tertiary alicyclic amines) is 1. The van der Waals surface area contributed by atoms with Gasteiger partial charge in [0.05, 0.1) is 13.2 Å². The second-order valence-electron chi connectivity index (χ2n) is 9.38. The monoisotopic (exact) mass is 462 g/mol. The Bertz CT molecular complexity index is 1110. The molecule has 0 radical (unpaired) electrons. The molecule has 0 spiro atoms. The Morgan fingerprint density at radius 3 is 2.35 bits per heavy atom. The lowest BCUT2D eigenvalue weighted by Crippen LogP contribution is -2.60. The molecule has 3 atom stereocenters. The maximum absolute atomic E-state index is 14.0. The highest BCUT2D eigenvalue weighted by Crippen LogP contribution is 2.48. The van der Waals surface area contributed by atoms with Crippen LogP contribution < -0.4 is 9.47 Å². The number of carbonyl (C=O) groups is 1. The molecule has 0 saturated carbocycles. The SMILES string of the molecule is COc1ccc([C@@](C)(Oc2ccc(C=N)cc2)[C@H](N2CCCC2=O)C2(C)C=CC(F)=CC2)cc1. The minimum Gasteiger partial charge on any atom is -0.497 e. The molecule has 178 valence electrons. The van der Waals surface area contributed by atoms with Crippen molar-refractivity contribution in [1.29, 1.82) is 5.41 Å². The molecule has 1 heterocycles. The second kappa shape index (κ2) is 9.45. The summed E-state index contributed by atoms with van der Waals surface area (Å²) in [6, 6.07) is 14.6. The number of rotatable bonds is 8. The van der Waals surface area contributed by atoms with E-state index in [9.17, 15) is 9.18 Å². The highest BCUT2D eigenvalue weighted by Gasteiger charge is 2.53. The predicted molar refractivity (Wildman–Crippen MR) is 131 cm³/mol. The Hall–Kier alpha value is -3.41. The summed E-state index contributed by atoms with van der Waals surface area (Å²) in [7, 11) is 1.62. The fourth-order valence-electron chi connectivity index (χ4n) is 5.22. The number of hydrogen-bond donors (Lipinski definition) is 1. The van der Waals surface area contributed by atoms with Gasteiger partial charge in [0.25, 0.3) is 0 Å². The zero-order valence-electron chi connectivity index (χ0n) is 19.9. The van der Waals surface area contributed by atoms with Gasteiger partial charge in [0.15, 0.2) is 5.60 Å². The Morgan fingerprint density at radius 1 is 1.15 bits per heavy atom. The molecule has 1 unspecified atom stereocenters. The van der Waals surface area contributed by atoms with Crippen molar-refractivity contribution >= 4 is 12.1 Å². The standard InChI is InChI=1S/C28H31FN2O3/c1-27(16-14-22(29)15-17-27)26(31-18-4-5-25(31)32)28(2,21-8-12-23(33-3)13-9-21)34-24-10-6-20(19-30)7-11-24/h6-16,19,26,30H,4-5,17-18H2,1-3H3/t26-,27?,28-/m1/s1. The molecule has 1 N–H and O–H groups in total. The summed E-state index contributed by atoms with van der Waals surface area (Å²) >= 11 is 0. The molecular weight excluding hydrogens is 431 g/mol. The minimum absolute atomic E-state index is 0.0807. The van der Waals surface area contributed by atoms with Crippen LogP contribution in [0.15, 0.2) is 72.6 Å². The molecule has 2 aromatic rings. The Labute approximate surface area is 200 Å². The lowest BCUT2D eigenvalue weighted by atomic mass is 9.67. The van der Waals surface area contributed by atoms with Crippen LogP contribution in [0.2, 0.25) is 0 Å². The van der Waals surface area contributed by atoms with Crippen molar-refractivity contribution in [2.24, 2.45) is 5.41 Å². The number of hydrogen-bond acceptors (Lipinski definition) is 4. The van der Waals surface area contributed by atoms with E-state index >= 15 is 0 Å². The first-order valence-electron chi connectivity index (χ1n) is 11.6. The number of allylic oxidation sites excluding steroid dienone is 3. The average Bonchev–Trinajstić information content (AvgIpc) is 3.26. The van der Waals surface area contributed by atoms with Crippen LogP contribution in [0, 0.1) is 10.8 Å². The van der Waals surface area contributed by atoms with Crippen molar-refractivity contribution in [2.75, 3.05) is 13.7 Å². The second-order valence-corrected chi connectivity index (χ2v) is 9.38. The highest BCUT2D eigenvalue weighted by molar-refractivity contribution is 5.79. The Balaban J connectivity index is 1.86. The van der Waals surface area contributed by atoms with Crippen molar-refractivity contribution in [3.8, 4) is 11.5 Å². The molecule has 1 fully saturated rings. The third-order valence-corrected chi connectivity index (χ3v) is 6.97. The number of nitrogens with zero attached hydrogens (tertiary/aromatic N) is 1. The molecule has 2 aromatic carbocycles. The first-order valence-corrected chi connectivity index (χ1v) is 11.6. The molecule has 6 heteroatoms. The molecular formula is C28H31FN2O3. The molecule has 1 amide bonds. The van der Waals surface area contributed by atoms with E-state index < -0.39 is 17.1 Å². The van der Waals surface area contributed by atoms with Crippen molar-refractivity contribution in [2.45, 2.75) is 44.8 Å². The summed E-state index contributed by atoms with van der Waals surface area (Å²) in [5.41, 5.74) is 0.143. The van der Waals surface area contributed by atoms with Gasteiger partial charge in [-0.2, -0.15) is 0 Å². The van der Waals surface area contributed by atoms with Gasteiger partial charge >= 0.3 is 0 Å². The van der Waals surface area contributed by atoms with Crippen molar-refractivity contribution in [1.82, 2.24) is 4.90 Å². The van der Waals surface area contributed by atoms with Gasteiger partial charge in [-0.1, -0.05) is 25.1 Å². The van der Waals surface area contributed by atoms with Crippen molar-refractivity contribution < 1.29 is 18.7 Å². The first-order chi connectivity index (χ1) is 16.3. The fraction of sp³-hybridized carbons (Fsp3) is 0.357. The normalized spacial score (nSPS) is 22.6. The van der Waals surface area contributed by atoms with Crippen LogP contribution in [-0.4, -0.2) is 36.7 Å². The summed E-state index contributed by atoms with van der Waals surface area (Å²) in [6.45, 7) is 4.69. The number of benzene rings is 2. The van der Waals surface area contributed by atoms with Gasteiger partial charge in [0.1, 0.15) is 17.3 Å². The molecule has 4 rings (SSSR count). The van der Waals surface area contributed by atoms with Crippen LogP contribution in [0.25, 0.3) is 0 Å². The largest absolute Gasteiger partial charge is 0.497 e. The molecule has 0 aromatic heterocycles.